The molecule has 0 saturated carbocycles. The third-order valence-corrected chi connectivity index (χ3v) is 2.84. The normalized spacial score (nSPS) is 10.7. The van der Waals surface area contributed by atoms with E-state index < -0.39 is 0 Å². The quantitative estimate of drug-likeness (QED) is 0.492. The number of anilines is 1. The van der Waals surface area contributed by atoms with Gasteiger partial charge < -0.3 is 10.6 Å². The molecule has 1 aromatic carbocycles. The van der Waals surface area contributed by atoms with E-state index >= 15 is 0 Å². The van der Waals surface area contributed by atoms with E-state index in [4.69, 9.17) is 5.73 Å². The van der Waals surface area contributed by atoms with Gasteiger partial charge in [-0.25, -0.2) is 0 Å². The Morgan fingerprint density at radius 2 is 2.19 bits per heavy atom. The summed E-state index contributed by atoms with van der Waals surface area (Å²) in [7, 11) is 2.13. The van der Waals surface area contributed by atoms with Crippen molar-refractivity contribution >= 4 is 21.6 Å². The van der Waals surface area contributed by atoms with Crippen LogP contribution in [0.15, 0.2) is 35.3 Å². The molecule has 0 bridgehead atoms. The van der Waals surface area contributed by atoms with E-state index in [1.54, 1.807) is 0 Å². The minimum absolute atomic E-state index is 0.809. The molecule has 0 unspecified atom stereocenters. The number of unbranched alkanes of at least 4 members (excludes halogenated alkanes) is 1. The summed E-state index contributed by atoms with van der Waals surface area (Å²) < 4.78 is 1.04. The maximum Gasteiger partial charge on any atom is 0.0328 e. The number of nitrogen functional groups attached to an aromatic ring is 1. The summed E-state index contributed by atoms with van der Waals surface area (Å²) in [6, 6.07) is 6.05. The molecule has 3 heteroatoms. The lowest BCUT2D eigenvalue weighted by atomic mass is 10.2. The zero-order valence-corrected chi connectivity index (χ0v) is 11.3. The minimum atomic E-state index is 0.809. The van der Waals surface area contributed by atoms with Crippen LogP contribution in [-0.2, 0) is 6.54 Å². The highest BCUT2D eigenvalue weighted by Crippen LogP contribution is 2.18. The van der Waals surface area contributed by atoms with Crippen molar-refractivity contribution in [2.24, 2.45) is 0 Å². The summed E-state index contributed by atoms with van der Waals surface area (Å²) in [5.74, 6) is 0. The SMILES string of the molecule is C=CCCCN(C)Cc1cc(N)cc(Br)c1. The Labute approximate surface area is 106 Å². The van der Waals surface area contributed by atoms with Gasteiger partial charge in [0.1, 0.15) is 0 Å². The lowest BCUT2D eigenvalue weighted by molar-refractivity contribution is 0.323. The van der Waals surface area contributed by atoms with Crippen molar-refractivity contribution in [3.63, 3.8) is 0 Å². The molecule has 0 aliphatic carbocycles. The van der Waals surface area contributed by atoms with Gasteiger partial charge in [0.25, 0.3) is 0 Å². The standard InChI is InChI=1S/C13H19BrN2/c1-3-4-5-6-16(2)10-11-7-12(14)9-13(15)8-11/h3,7-9H,1,4-6,10,15H2,2H3. The molecule has 0 aromatic heterocycles. The van der Waals surface area contributed by atoms with Gasteiger partial charge in [0.2, 0.25) is 0 Å². The number of hydrogen-bond acceptors (Lipinski definition) is 2. The first kappa shape index (κ1) is 13.3. The predicted molar refractivity (Wildman–Crippen MR) is 74.3 cm³/mol. The Kier molecular flexibility index (Phi) is 5.56. The molecule has 1 aromatic rings. The average molecular weight is 283 g/mol. The molecule has 2 nitrogen and oxygen atoms in total. The molecule has 0 aliphatic heterocycles. The maximum atomic E-state index is 5.80. The van der Waals surface area contributed by atoms with Crippen molar-refractivity contribution in [1.82, 2.24) is 4.90 Å². The maximum absolute atomic E-state index is 5.80. The molecule has 0 atom stereocenters. The van der Waals surface area contributed by atoms with E-state index in [0.717, 1.165) is 36.1 Å². The molecular weight excluding hydrogens is 264 g/mol. The summed E-state index contributed by atoms with van der Waals surface area (Å²) in [6.45, 7) is 5.74. The van der Waals surface area contributed by atoms with Crippen LogP contribution in [0.3, 0.4) is 0 Å². The number of halogens is 1. The number of allylic oxidation sites excluding steroid dienone is 1. The number of hydrogen-bond donors (Lipinski definition) is 1. The smallest absolute Gasteiger partial charge is 0.0328 e. The van der Waals surface area contributed by atoms with Gasteiger partial charge in [0.05, 0.1) is 0 Å². The summed E-state index contributed by atoms with van der Waals surface area (Å²) in [6.07, 6.45) is 4.19. The van der Waals surface area contributed by atoms with Crippen LogP contribution >= 0.6 is 15.9 Å². The van der Waals surface area contributed by atoms with E-state index in [2.05, 4.69) is 40.5 Å². The van der Waals surface area contributed by atoms with Gasteiger partial charge in [-0.3, -0.25) is 0 Å². The summed E-state index contributed by atoms with van der Waals surface area (Å²) in [4.78, 5) is 2.30. The number of benzene rings is 1. The second kappa shape index (κ2) is 6.71. The Morgan fingerprint density at radius 1 is 1.44 bits per heavy atom. The van der Waals surface area contributed by atoms with Gasteiger partial charge in [-0.05, 0) is 50.2 Å². The van der Waals surface area contributed by atoms with E-state index in [9.17, 15) is 0 Å². The highest BCUT2D eigenvalue weighted by Gasteiger charge is 2.01. The summed E-state index contributed by atoms with van der Waals surface area (Å²) in [5.41, 5.74) is 7.85. The third-order valence-electron chi connectivity index (χ3n) is 2.38. The van der Waals surface area contributed by atoms with Crippen LogP contribution in [0.2, 0.25) is 0 Å². The first-order valence-electron chi connectivity index (χ1n) is 5.46. The molecule has 88 valence electrons. The van der Waals surface area contributed by atoms with Crippen molar-refractivity contribution in [2.45, 2.75) is 19.4 Å². The average Bonchev–Trinajstić information content (AvgIpc) is 2.16. The molecular formula is C13H19BrN2. The van der Waals surface area contributed by atoms with Gasteiger partial charge >= 0.3 is 0 Å². The molecule has 0 aliphatic rings. The first-order valence-corrected chi connectivity index (χ1v) is 6.25. The zero-order chi connectivity index (χ0) is 12.0. The fraction of sp³-hybridized carbons (Fsp3) is 0.385. The fourth-order valence-corrected chi connectivity index (χ4v) is 2.22. The van der Waals surface area contributed by atoms with E-state index in [0.29, 0.717) is 0 Å². The van der Waals surface area contributed by atoms with Crippen molar-refractivity contribution < 1.29 is 0 Å². The molecule has 0 fully saturated rings. The number of nitrogens with two attached hydrogens (primary N) is 1. The van der Waals surface area contributed by atoms with Crippen molar-refractivity contribution in [2.75, 3.05) is 19.3 Å². The Balaban J connectivity index is 2.48. The van der Waals surface area contributed by atoms with Crippen LogP contribution in [0.4, 0.5) is 5.69 Å². The van der Waals surface area contributed by atoms with Crippen LogP contribution in [0.1, 0.15) is 18.4 Å². The van der Waals surface area contributed by atoms with Crippen molar-refractivity contribution in [3.8, 4) is 0 Å². The molecule has 0 heterocycles. The van der Waals surface area contributed by atoms with E-state index in [1.165, 1.54) is 5.56 Å². The monoisotopic (exact) mass is 282 g/mol. The van der Waals surface area contributed by atoms with Gasteiger partial charge in [-0.15, -0.1) is 6.58 Å². The first-order chi connectivity index (χ1) is 7.61. The second-order valence-corrected chi connectivity index (χ2v) is 4.98. The molecule has 2 N–H and O–H groups in total. The molecule has 0 radical (unpaired) electrons. The summed E-state index contributed by atoms with van der Waals surface area (Å²) >= 11 is 3.45. The number of rotatable bonds is 6. The molecule has 16 heavy (non-hydrogen) atoms. The fourth-order valence-electron chi connectivity index (χ4n) is 1.66. The largest absolute Gasteiger partial charge is 0.399 e. The van der Waals surface area contributed by atoms with E-state index in [-0.39, 0.29) is 0 Å². The molecule has 0 saturated heterocycles. The third kappa shape index (κ3) is 4.81. The molecule has 0 amide bonds. The highest BCUT2D eigenvalue weighted by atomic mass is 79.9. The lowest BCUT2D eigenvalue weighted by Crippen LogP contribution is -2.19. The van der Waals surface area contributed by atoms with Crippen molar-refractivity contribution in [3.05, 3.63) is 40.9 Å². The lowest BCUT2D eigenvalue weighted by Gasteiger charge is -2.16. The minimum Gasteiger partial charge on any atom is -0.399 e. The molecule has 1 rings (SSSR count). The Morgan fingerprint density at radius 3 is 2.81 bits per heavy atom. The Bertz CT molecular complexity index is 330. The van der Waals surface area contributed by atoms with Gasteiger partial charge in [-0.2, -0.15) is 0 Å². The molecule has 0 spiro atoms. The van der Waals surface area contributed by atoms with Crippen LogP contribution < -0.4 is 5.73 Å². The topological polar surface area (TPSA) is 29.3 Å². The number of nitrogens with zero attached hydrogens (tertiary/aromatic N) is 1. The van der Waals surface area contributed by atoms with Crippen LogP contribution in [0, 0.1) is 0 Å². The van der Waals surface area contributed by atoms with Gasteiger partial charge in [0.15, 0.2) is 0 Å². The predicted octanol–water partition coefficient (Wildman–Crippen LogP) is 3.43. The van der Waals surface area contributed by atoms with Crippen LogP contribution in [-0.4, -0.2) is 18.5 Å². The van der Waals surface area contributed by atoms with Gasteiger partial charge in [0, 0.05) is 16.7 Å². The van der Waals surface area contributed by atoms with Gasteiger partial charge in [-0.1, -0.05) is 22.0 Å². The highest BCUT2D eigenvalue weighted by molar-refractivity contribution is 9.10. The second-order valence-electron chi connectivity index (χ2n) is 4.06. The Hall–Kier alpha value is -0.800. The van der Waals surface area contributed by atoms with Crippen LogP contribution in [0.5, 0.6) is 0 Å². The van der Waals surface area contributed by atoms with Crippen LogP contribution in [0.25, 0.3) is 0 Å². The van der Waals surface area contributed by atoms with Crippen molar-refractivity contribution in [1.29, 1.82) is 0 Å². The zero-order valence-electron chi connectivity index (χ0n) is 9.75. The summed E-state index contributed by atoms with van der Waals surface area (Å²) in [5, 5.41) is 0. The van der Waals surface area contributed by atoms with E-state index in [1.807, 2.05) is 18.2 Å².